The third kappa shape index (κ3) is 4.28. The molecule has 2 rings (SSSR count). The lowest BCUT2D eigenvalue weighted by Gasteiger charge is -2.06. The van der Waals surface area contributed by atoms with Gasteiger partial charge in [0.15, 0.2) is 0 Å². The topological polar surface area (TPSA) is 47.0 Å². The molecule has 0 fully saturated rings. The fourth-order valence-corrected chi connectivity index (χ4v) is 1.65. The molecule has 0 bridgehead atoms. The fourth-order valence-electron chi connectivity index (χ4n) is 1.65. The number of rotatable bonds is 7. The lowest BCUT2D eigenvalue weighted by atomic mass is 10.2. The molecule has 1 heterocycles. The monoisotopic (exact) mass is 275 g/mol. The number of hydrogen-bond donors (Lipinski definition) is 1. The molecule has 0 atom stereocenters. The maximum Gasteiger partial charge on any atom is 0.144 e. The molecule has 2 aromatic rings. The Hall–Kier alpha value is -2.01. The van der Waals surface area contributed by atoms with Crippen molar-refractivity contribution < 1.29 is 9.13 Å². The summed E-state index contributed by atoms with van der Waals surface area (Å²) in [7, 11) is 0. The molecule has 1 aromatic carbocycles. The normalized spacial score (nSPS) is 10.5. The Kier molecular flexibility index (Phi) is 5.43. The molecule has 0 radical (unpaired) electrons. The number of hydrogen-bond acceptors (Lipinski definition) is 4. The highest BCUT2D eigenvalue weighted by Gasteiger charge is 2.02. The molecule has 0 aliphatic carbocycles. The standard InChI is InChI=1S/C15H18FN3O/c1-2-7-17-15-9-18-13(8-19-15)11-20-10-12-5-3-4-6-14(12)16/h3-6,8-9H,2,7,10-11H2,1H3,(H,17,19). The van der Waals surface area contributed by atoms with E-state index in [1.807, 2.05) is 0 Å². The molecule has 106 valence electrons. The number of anilines is 1. The third-order valence-electron chi connectivity index (χ3n) is 2.73. The summed E-state index contributed by atoms with van der Waals surface area (Å²) in [5.41, 5.74) is 1.27. The Morgan fingerprint density at radius 1 is 1.15 bits per heavy atom. The van der Waals surface area contributed by atoms with Crippen molar-refractivity contribution in [3.63, 3.8) is 0 Å². The molecule has 0 spiro atoms. The Morgan fingerprint density at radius 3 is 2.70 bits per heavy atom. The molecule has 1 aromatic heterocycles. The first-order valence-corrected chi connectivity index (χ1v) is 6.65. The molecular formula is C15H18FN3O. The van der Waals surface area contributed by atoms with Gasteiger partial charge < -0.3 is 10.1 Å². The van der Waals surface area contributed by atoms with Gasteiger partial charge in [-0.1, -0.05) is 25.1 Å². The van der Waals surface area contributed by atoms with E-state index in [1.54, 1.807) is 30.6 Å². The van der Waals surface area contributed by atoms with Gasteiger partial charge in [0.2, 0.25) is 0 Å². The summed E-state index contributed by atoms with van der Waals surface area (Å²) in [5.74, 6) is 0.502. The molecule has 4 nitrogen and oxygen atoms in total. The van der Waals surface area contributed by atoms with E-state index in [0.29, 0.717) is 12.2 Å². The van der Waals surface area contributed by atoms with E-state index >= 15 is 0 Å². The molecule has 1 N–H and O–H groups in total. The van der Waals surface area contributed by atoms with Gasteiger partial charge in [-0.2, -0.15) is 0 Å². The Labute approximate surface area is 118 Å². The summed E-state index contributed by atoms with van der Waals surface area (Å²) in [6, 6.07) is 6.58. The maximum absolute atomic E-state index is 13.4. The lowest BCUT2D eigenvalue weighted by Crippen LogP contribution is -2.04. The quantitative estimate of drug-likeness (QED) is 0.843. The van der Waals surface area contributed by atoms with Gasteiger partial charge in [-0.25, -0.2) is 9.37 Å². The van der Waals surface area contributed by atoms with Crippen LogP contribution in [0.25, 0.3) is 0 Å². The molecule has 0 amide bonds. The molecular weight excluding hydrogens is 257 g/mol. The Balaban J connectivity index is 1.81. The number of ether oxygens (including phenoxy) is 1. The van der Waals surface area contributed by atoms with Gasteiger partial charge >= 0.3 is 0 Å². The highest BCUT2D eigenvalue weighted by molar-refractivity contribution is 5.30. The van der Waals surface area contributed by atoms with Crippen molar-refractivity contribution in [2.24, 2.45) is 0 Å². The summed E-state index contributed by atoms with van der Waals surface area (Å²) < 4.78 is 18.8. The first-order valence-electron chi connectivity index (χ1n) is 6.65. The van der Waals surface area contributed by atoms with Crippen LogP contribution in [-0.2, 0) is 18.0 Å². The number of nitrogens with zero attached hydrogens (tertiary/aromatic N) is 2. The van der Waals surface area contributed by atoms with Crippen molar-refractivity contribution in [3.05, 3.63) is 53.7 Å². The summed E-state index contributed by atoms with van der Waals surface area (Å²) >= 11 is 0. The van der Waals surface area contributed by atoms with E-state index in [1.165, 1.54) is 6.07 Å². The molecule has 0 aliphatic heterocycles. The highest BCUT2D eigenvalue weighted by atomic mass is 19.1. The average molecular weight is 275 g/mol. The van der Waals surface area contributed by atoms with E-state index in [-0.39, 0.29) is 12.4 Å². The highest BCUT2D eigenvalue weighted by Crippen LogP contribution is 2.09. The zero-order valence-electron chi connectivity index (χ0n) is 11.5. The number of nitrogens with one attached hydrogen (secondary N) is 1. The van der Waals surface area contributed by atoms with Gasteiger partial charge in [0.05, 0.1) is 31.3 Å². The number of halogens is 1. The molecule has 20 heavy (non-hydrogen) atoms. The Morgan fingerprint density at radius 2 is 2.00 bits per heavy atom. The minimum atomic E-state index is -0.252. The summed E-state index contributed by atoms with van der Waals surface area (Å²) in [6.07, 6.45) is 4.38. The smallest absolute Gasteiger partial charge is 0.144 e. The van der Waals surface area contributed by atoms with Gasteiger partial charge in [-0.15, -0.1) is 0 Å². The van der Waals surface area contributed by atoms with Crippen molar-refractivity contribution in [1.82, 2.24) is 9.97 Å². The van der Waals surface area contributed by atoms with Gasteiger partial charge in [-0.3, -0.25) is 4.98 Å². The van der Waals surface area contributed by atoms with Crippen LogP contribution < -0.4 is 5.32 Å². The van der Waals surface area contributed by atoms with Gasteiger partial charge in [0.25, 0.3) is 0 Å². The van der Waals surface area contributed by atoms with Crippen molar-refractivity contribution in [2.75, 3.05) is 11.9 Å². The Bertz CT molecular complexity index is 531. The van der Waals surface area contributed by atoms with Gasteiger partial charge in [-0.05, 0) is 12.5 Å². The largest absolute Gasteiger partial charge is 0.370 e. The van der Waals surface area contributed by atoms with E-state index in [0.717, 1.165) is 24.5 Å². The van der Waals surface area contributed by atoms with Crippen LogP contribution in [0.4, 0.5) is 10.2 Å². The maximum atomic E-state index is 13.4. The van der Waals surface area contributed by atoms with E-state index in [2.05, 4.69) is 22.2 Å². The predicted octanol–water partition coefficient (Wildman–Crippen LogP) is 3.15. The molecule has 5 heteroatoms. The molecule has 0 unspecified atom stereocenters. The zero-order valence-corrected chi connectivity index (χ0v) is 11.5. The van der Waals surface area contributed by atoms with E-state index in [9.17, 15) is 4.39 Å². The summed E-state index contributed by atoms with van der Waals surface area (Å²) in [6.45, 7) is 3.50. The number of benzene rings is 1. The average Bonchev–Trinajstić information content (AvgIpc) is 2.48. The van der Waals surface area contributed by atoms with Gasteiger partial charge in [0.1, 0.15) is 11.6 Å². The summed E-state index contributed by atoms with van der Waals surface area (Å²) in [5, 5.41) is 3.15. The van der Waals surface area contributed by atoms with Crippen LogP contribution in [0, 0.1) is 5.82 Å². The van der Waals surface area contributed by atoms with Crippen molar-refractivity contribution in [2.45, 2.75) is 26.6 Å². The summed E-state index contributed by atoms with van der Waals surface area (Å²) in [4.78, 5) is 8.47. The van der Waals surface area contributed by atoms with Crippen molar-refractivity contribution in [1.29, 1.82) is 0 Å². The van der Waals surface area contributed by atoms with Crippen LogP contribution >= 0.6 is 0 Å². The minimum absolute atomic E-state index is 0.226. The zero-order chi connectivity index (χ0) is 14.2. The van der Waals surface area contributed by atoms with E-state index in [4.69, 9.17) is 4.74 Å². The van der Waals surface area contributed by atoms with Gasteiger partial charge in [0, 0.05) is 12.1 Å². The third-order valence-corrected chi connectivity index (χ3v) is 2.73. The second-order valence-electron chi connectivity index (χ2n) is 4.40. The van der Waals surface area contributed by atoms with Crippen LogP contribution in [0.2, 0.25) is 0 Å². The first kappa shape index (κ1) is 14.4. The fraction of sp³-hybridized carbons (Fsp3) is 0.333. The number of aromatic nitrogens is 2. The second kappa shape index (κ2) is 7.55. The minimum Gasteiger partial charge on any atom is -0.370 e. The van der Waals surface area contributed by atoms with Crippen LogP contribution in [-0.4, -0.2) is 16.5 Å². The van der Waals surface area contributed by atoms with Crippen molar-refractivity contribution >= 4 is 5.82 Å². The molecule has 0 saturated heterocycles. The second-order valence-corrected chi connectivity index (χ2v) is 4.40. The van der Waals surface area contributed by atoms with Crippen LogP contribution in [0.1, 0.15) is 24.6 Å². The molecule has 0 aliphatic rings. The van der Waals surface area contributed by atoms with Crippen molar-refractivity contribution in [3.8, 4) is 0 Å². The lowest BCUT2D eigenvalue weighted by molar-refractivity contribution is 0.102. The van der Waals surface area contributed by atoms with Crippen LogP contribution in [0.15, 0.2) is 36.7 Å². The molecule has 0 saturated carbocycles. The first-order chi connectivity index (χ1) is 9.79. The predicted molar refractivity (Wildman–Crippen MR) is 75.7 cm³/mol. The van der Waals surface area contributed by atoms with E-state index < -0.39 is 0 Å². The SMILES string of the molecule is CCCNc1cnc(COCc2ccccc2F)cn1. The van der Waals surface area contributed by atoms with Crippen LogP contribution in [0.3, 0.4) is 0 Å². The van der Waals surface area contributed by atoms with Crippen LogP contribution in [0.5, 0.6) is 0 Å².